The number of phenolic OH excluding ortho intramolecular Hbond substituents is 1. The second-order valence-corrected chi connectivity index (χ2v) is 5.60. The van der Waals surface area contributed by atoms with Gasteiger partial charge in [0.25, 0.3) is 5.91 Å². The van der Waals surface area contributed by atoms with Gasteiger partial charge in [-0.3, -0.25) is 14.6 Å². The molecule has 1 aromatic heterocycles. The highest BCUT2D eigenvalue weighted by Crippen LogP contribution is 2.17. The number of hydrogen-bond donors (Lipinski definition) is 3. The molecule has 6 nitrogen and oxygen atoms in total. The Balaban J connectivity index is 1.77. The van der Waals surface area contributed by atoms with Gasteiger partial charge in [0, 0.05) is 28.5 Å². The summed E-state index contributed by atoms with van der Waals surface area (Å²) in [7, 11) is 0. The highest BCUT2D eigenvalue weighted by atomic mass is 16.3. The van der Waals surface area contributed by atoms with Crippen molar-refractivity contribution in [3.8, 4) is 5.75 Å². The van der Waals surface area contributed by atoms with Crippen LogP contribution in [0.15, 0.2) is 67.0 Å². The fourth-order valence-electron chi connectivity index (χ4n) is 2.45. The van der Waals surface area contributed by atoms with Gasteiger partial charge < -0.3 is 15.5 Å². The Morgan fingerprint density at radius 1 is 0.962 bits per heavy atom. The van der Waals surface area contributed by atoms with Crippen LogP contribution in [0.4, 0.5) is 5.69 Å². The molecule has 0 spiro atoms. The van der Waals surface area contributed by atoms with Crippen LogP contribution >= 0.6 is 0 Å². The van der Waals surface area contributed by atoms with Crippen molar-refractivity contribution >= 4 is 17.4 Å². The molecule has 1 amide bonds. The molecule has 3 aromatic rings. The summed E-state index contributed by atoms with van der Waals surface area (Å²) in [4.78, 5) is 28.7. The minimum Gasteiger partial charge on any atom is -0.508 e. The number of aromatic nitrogens is 1. The third kappa shape index (κ3) is 3.76. The smallest absolute Gasteiger partial charge is 0.255 e. The van der Waals surface area contributed by atoms with E-state index in [4.69, 9.17) is 0 Å². The molecule has 0 aliphatic heterocycles. The first-order chi connectivity index (χ1) is 12.6. The molecule has 0 unspecified atom stereocenters. The van der Waals surface area contributed by atoms with E-state index in [9.17, 15) is 19.8 Å². The first kappa shape index (κ1) is 17.3. The maximum absolute atomic E-state index is 12.4. The highest BCUT2D eigenvalue weighted by molar-refractivity contribution is 6.10. The standard InChI is InChI=1S/C20H16N2O4/c23-12-16-8-9-21-11-18(16)22-20(26)14-6-4-13(5-7-14)19(25)15-2-1-3-17(24)10-15/h1-11,23-24H,12H2,(H,22,26). The van der Waals surface area contributed by atoms with Crippen molar-refractivity contribution in [1.82, 2.24) is 4.98 Å². The van der Waals surface area contributed by atoms with E-state index in [1.807, 2.05) is 0 Å². The maximum Gasteiger partial charge on any atom is 0.255 e. The van der Waals surface area contributed by atoms with Gasteiger partial charge in [-0.15, -0.1) is 0 Å². The zero-order valence-corrected chi connectivity index (χ0v) is 13.7. The monoisotopic (exact) mass is 348 g/mol. The molecule has 0 radical (unpaired) electrons. The largest absolute Gasteiger partial charge is 0.508 e. The fraction of sp³-hybridized carbons (Fsp3) is 0.0500. The number of rotatable bonds is 5. The number of anilines is 1. The van der Waals surface area contributed by atoms with E-state index in [1.165, 1.54) is 24.5 Å². The van der Waals surface area contributed by atoms with E-state index in [1.54, 1.807) is 42.5 Å². The number of phenols is 1. The Kier molecular flexibility index (Phi) is 5.05. The number of carbonyl (C=O) groups is 2. The van der Waals surface area contributed by atoms with Crippen LogP contribution in [0.3, 0.4) is 0 Å². The van der Waals surface area contributed by atoms with Crippen LogP contribution in [0.25, 0.3) is 0 Å². The summed E-state index contributed by atoms with van der Waals surface area (Å²) < 4.78 is 0. The highest BCUT2D eigenvalue weighted by Gasteiger charge is 2.12. The molecular weight excluding hydrogens is 332 g/mol. The molecule has 0 fully saturated rings. The number of benzene rings is 2. The molecule has 0 atom stereocenters. The molecule has 2 aromatic carbocycles. The van der Waals surface area contributed by atoms with Crippen molar-refractivity contribution in [2.45, 2.75) is 6.61 Å². The quantitative estimate of drug-likeness (QED) is 0.616. The number of nitrogens with one attached hydrogen (secondary N) is 1. The van der Waals surface area contributed by atoms with Gasteiger partial charge >= 0.3 is 0 Å². The summed E-state index contributed by atoms with van der Waals surface area (Å²) in [5.41, 5.74) is 2.13. The average molecular weight is 348 g/mol. The van der Waals surface area contributed by atoms with E-state index in [-0.39, 0.29) is 24.0 Å². The predicted octanol–water partition coefficient (Wildman–Crippen LogP) is 2.76. The average Bonchev–Trinajstić information content (AvgIpc) is 2.68. The summed E-state index contributed by atoms with van der Waals surface area (Å²) in [6, 6.07) is 13.9. The van der Waals surface area contributed by atoms with Crippen molar-refractivity contribution in [2.24, 2.45) is 0 Å². The number of carbonyl (C=O) groups excluding carboxylic acids is 2. The predicted molar refractivity (Wildman–Crippen MR) is 96.1 cm³/mol. The molecule has 0 bridgehead atoms. The summed E-state index contributed by atoms with van der Waals surface area (Å²) in [6.07, 6.45) is 2.99. The number of ketones is 1. The molecule has 1 heterocycles. The minimum atomic E-state index is -0.371. The lowest BCUT2D eigenvalue weighted by molar-refractivity contribution is 0.102. The fourth-order valence-corrected chi connectivity index (χ4v) is 2.45. The number of nitrogens with zero attached hydrogens (tertiary/aromatic N) is 1. The zero-order chi connectivity index (χ0) is 18.5. The molecular formula is C20H16N2O4. The Labute approximate surface area is 149 Å². The van der Waals surface area contributed by atoms with Gasteiger partial charge in [-0.05, 0) is 30.3 Å². The number of amides is 1. The summed E-state index contributed by atoms with van der Waals surface area (Å²) in [5.74, 6) is -0.602. The van der Waals surface area contributed by atoms with Crippen LogP contribution in [0.1, 0.15) is 31.8 Å². The topological polar surface area (TPSA) is 99.5 Å². The van der Waals surface area contributed by atoms with Crippen LogP contribution in [0, 0.1) is 0 Å². The van der Waals surface area contributed by atoms with Crippen molar-refractivity contribution in [1.29, 1.82) is 0 Å². The van der Waals surface area contributed by atoms with Crippen LogP contribution in [0.5, 0.6) is 5.75 Å². The second kappa shape index (κ2) is 7.58. The first-order valence-electron chi connectivity index (χ1n) is 7.87. The molecule has 0 aliphatic carbocycles. The lowest BCUT2D eigenvalue weighted by Crippen LogP contribution is -2.14. The summed E-state index contributed by atoms with van der Waals surface area (Å²) in [5, 5.41) is 21.5. The van der Waals surface area contributed by atoms with E-state index in [2.05, 4.69) is 10.3 Å². The van der Waals surface area contributed by atoms with Crippen molar-refractivity contribution in [2.75, 3.05) is 5.32 Å². The molecule has 26 heavy (non-hydrogen) atoms. The molecule has 130 valence electrons. The maximum atomic E-state index is 12.4. The van der Waals surface area contributed by atoms with Gasteiger partial charge in [-0.2, -0.15) is 0 Å². The lowest BCUT2D eigenvalue weighted by atomic mass is 10.0. The van der Waals surface area contributed by atoms with Gasteiger partial charge in [0.1, 0.15) is 5.75 Å². The number of hydrogen-bond acceptors (Lipinski definition) is 5. The van der Waals surface area contributed by atoms with Gasteiger partial charge in [-0.1, -0.05) is 24.3 Å². The van der Waals surface area contributed by atoms with E-state index < -0.39 is 0 Å². The van der Waals surface area contributed by atoms with Gasteiger partial charge in [0.2, 0.25) is 0 Å². The van der Waals surface area contributed by atoms with Gasteiger partial charge in [-0.25, -0.2) is 0 Å². The van der Waals surface area contributed by atoms with Gasteiger partial charge in [0.05, 0.1) is 18.5 Å². The Hall–Kier alpha value is -3.51. The summed E-state index contributed by atoms with van der Waals surface area (Å²) in [6.45, 7) is -0.213. The van der Waals surface area contributed by atoms with Crippen molar-refractivity contribution in [3.05, 3.63) is 89.2 Å². The SMILES string of the molecule is O=C(Nc1cnccc1CO)c1ccc(C(=O)c2cccc(O)c2)cc1. The molecule has 3 N–H and O–H groups in total. The Morgan fingerprint density at radius 3 is 2.38 bits per heavy atom. The second-order valence-electron chi connectivity index (χ2n) is 5.60. The third-order valence-corrected chi connectivity index (χ3v) is 3.85. The van der Waals surface area contributed by atoms with Crippen LogP contribution in [-0.2, 0) is 6.61 Å². The van der Waals surface area contributed by atoms with Crippen LogP contribution < -0.4 is 5.32 Å². The summed E-state index contributed by atoms with van der Waals surface area (Å²) >= 11 is 0. The molecule has 0 saturated heterocycles. The molecule has 6 heteroatoms. The van der Waals surface area contributed by atoms with E-state index in [0.717, 1.165) is 0 Å². The third-order valence-electron chi connectivity index (χ3n) is 3.85. The zero-order valence-electron chi connectivity index (χ0n) is 13.7. The van der Waals surface area contributed by atoms with Crippen molar-refractivity contribution in [3.63, 3.8) is 0 Å². The Morgan fingerprint density at radius 2 is 1.69 bits per heavy atom. The molecule has 0 aliphatic rings. The number of aromatic hydroxyl groups is 1. The van der Waals surface area contributed by atoms with Gasteiger partial charge in [0.15, 0.2) is 5.78 Å². The first-order valence-corrected chi connectivity index (χ1v) is 7.87. The lowest BCUT2D eigenvalue weighted by Gasteiger charge is -2.09. The molecule has 0 saturated carbocycles. The number of aliphatic hydroxyl groups is 1. The van der Waals surface area contributed by atoms with E-state index in [0.29, 0.717) is 27.9 Å². The van der Waals surface area contributed by atoms with E-state index >= 15 is 0 Å². The van der Waals surface area contributed by atoms with Crippen molar-refractivity contribution < 1.29 is 19.8 Å². The number of pyridine rings is 1. The Bertz CT molecular complexity index is 952. The molecule has 3 rings (SSSR count). The van der Waals surface area contributed by atoms with Crippen LogP contribution in [0.2, 0.25) is 0 Å². The normalized spacial score (nSPS) is 10.3. The van der Waals surface area contributed by atoms with Crippen LogP contribution in [-0.4, -0.2) is 26.9 Å². The minimum absolute atomic E-state index is 0.0167. The number of aliphatic hydroxyl groups excluding tert-OH is 1.